The maximum absolute atomic E-state index is 11.2. The Bertz CT molecular complexity index is 450. The second kappa shape index (κ2) is 10.8. The summed E-state index contributed by atoms with van der Waals surface area (Å²) in [6.45, 7) is 4.56. The minimum absolute atomic E-state index is 0.281. The molecule has 0 spiro atoms. The van der Waals surface area contributed by atoms with Gasteiger partial charge in [0, 0.05) is 12.2 Å². The summed E-state index contributed by atoms with van der Waals surface area (Å²) in [5, 5.41) is 3.04. The first kappa shape index (κ1) is 18.2. The van der Waals surface area contributed by atoms with Crippen molar-refractivity contribution in [1.29, 1.82) is 0 Å². The molecule has 3 nitrogen and oxygen atoms in total. The number of amides is 2. The molecule has 0 atom stereocenters. The van der Waals surface area contributed by atoms with Crippen molar-refractivity contribution in [2.45, 2.75) is 37.3 Å². The quantitative estimate of drug-likeness (QED) is 0.406. The first-order valence-corrected chi connectivity index (χ1v) is 13.8. The number of nitrogens with zero attached hydrogens (tertiary/aromatic N) is 1. The van der Waals surface area contributed by atoms with Crippen LogP contribution in [0.4, 0.5) is 5.69 Å². The van der Waals surface area contributed by atoms with Gasteiger partial charge in [-0.3, -0.25) is 9.59 Å². The van der Waals surface area contributed by atoms with Crippen LogP contribution in [0.25, 0.3) is 0 Å². The van der Waals surface area contributed by atoms with Crippen molar-refractivity contribution in [3.8, 4) is 0 Å². The normalized spacial score (nSPS) is 13.3. The Labute approximate surface area is 138 Å². The van der Waals surface area contributed by atoms with E-state index in [0.717, 1.165) is 31.2 Å². The number of anilines is 1. The zero-order chi connectivity index (χ0) is 15.5. The number of hydrogen-bond donors (Lipinski definition) is 0. The SMILES string of the molecule is CCC[Se][Se]CCC.O=C1C=CC(=O)N1c1ccccc1. The predicted octanol–water partition coefficient (Wildman–Crippen LogP) is 3.08. The van der Waals surface area contributed by atoms with Gasteiger partial charge < -0.3 is 0 Å². The summed E-state index contributed by atoms with van der Waals surface area (Å²) in [6.07, 6.45) is 5.36. The van der Waals surface area contributed by atoms with Crippen molar-refractivity contribution in [3.63, 3.8) is 0 Å². The van der Waals surface area contributed by atoms with E-state index >= 15 is 0 Å². The van der Waals surface area contributed by atoms with E-state index in [9.17, 15) is 9.59 Å². The number of rotatable bonds is 6. The molecule has 0 unspecified atom stereocenters. The van der Waals surface area contributed by atoms with Crippen LogP contribution < -0.4 is 4.90 Å². The molecule has 114 valence electrons. The molecular weight excluding hydrogens is 396 g/mol. The average molecular weight is 417 g/mol. The zero-order valence-corrected chi connectivity index (χ0v) is 15.9. The van der Waals surface area contributed by atoms with Gasteiger partial charge in [-0.15, -0.1) is 0 Å². The van der Waals surface area contributed by atoms with Crippen LogP contribution in [0.1, 0.15) is 26.7 Å². The molecule has 5 heteroatoms. The van der Waals surface area contributed by atoms with Crippen molar-refractivity contribution in [2.75, 3.05) is 4.90 Å². The molecule has 0 radical (unpaired) electrons. The van der Waals surface area contributed by atoms with E-state index in [1.807, 2.05) is 6.07 Å². The van der Waals surface area contributed by atoms with E-state index in [0.29, 0.717) is 5.69 Å². The van der Waals surface area contributed by atoms with Crippen molar-refractivity contribution in [3.05, 3.63) is 42.5 Å². The van der Waals surface area contributed by atoms with Gasteiger partial charge in [0.2, 0.25) is 0 Å². The molecule has 1 aliphatic rings. The van der Waals surface area contributed by atoms with Crippen LogP contribution in [-0.2, 0) is 9.59 Å². The van der Waals surface area contributed by atoms with Crippen LogP contribution in [0, 0.1) is 0 Å². The maximum Gasteiger partial charge on any atom is 0.258 e. The third kappa shape index (κ3) is 6.62. The Morgan fingerprint density at radius 1 is 0.857 bits per heavy atom. The third-order valence-corrected chi connectivity index (χ3v) is 10.7. The van der Waals surface area contributed by atoms with Gasteiger partial charge >= 0.3 is 63.6 Å². The Kier molecular flexibility index (Phi) is 9.36. The van der Waals surface area contributed by atoms with E-state index in [1.54, 1.807) is 24.3 Å². The molecule has 1 heterocycles. The fraction of sp³-hybridized carbons (Fsp3) is 0.375. The summed E-state index contributed by atoms with van der Waals surface area (Å²) in [5.74, 6) is -0.563. The third-order valence-electron chi connectivity index (χ3n) is 2.48. The van der Waals surface area contributed by atoms with E-state index in [-0.39, 0.29) is 11.8 Å². The molecule has 21 heavy (non-hydrogen) atoms. The largest absolute Gasteiger partial charge is 0.269 e. The van der Waals surface area contributed by atoms with E-state index < -0.39 is 0 Å². The van der Waals surface area contributed by atoms with Crippen LogP contribution in [-0.4, -0.2) is 38.1 Å². The summed E-state index contributed by atoms with van der Waals surface area (Å²) in [6, 6.07) is 8.86. The minimum Gasteiger partial charge on any atom is -0.269 e. The van der Waals surface area contributed by atoms with Crippen molar-refractivity contribution in [2.24, 2.45) is 0 Å². The van der Waals surface area contributed by atoms with Crippen LogP contribution >= 0.6 is 0 Å². The Morgan fingerprint density at radius 2 is 1.33 bits per heavy atom. The van der Waals surface area contributed by atoms with Crippen LogP contribution in [0.3, 0.4) is 0 Å². The Morgan fingerprint density at radius 3 is 1.76 bits per heavy atom. The van der Waals surface area contributed by atoms with E-state index in [1.165, 1.54) is 35.6 Å². The van der Waals surface area contributed by atoms with E-state index in [4.69, 9.17) is 0 Å². The maximum atomic E-state index is 11.2. The molecule has 0 N–H and O–H groups in total. The zero-order valence-electron chi connectivity index (χ0n) is 12.5. The molecule has 0 fully saturated rings. The van der Waals surface area contributed by atoms with Crippen molar-refractivity contribution >= 4 is 43.8 Å². The van der Waals surface area contributed by atoms with E-state index in [2.05, 4.69) is 13.8 Å². The number of imide groups is 1. The monoisotopic (exact) mass is 419 g/mol. The fourth-order valence-corrected chi connectivity index (χ4v) is 8.91. The Balaban J connectivity index is 0.000000240. The Hall–Kier alpha value is -0.861. The second-order valence-corrected chi connectivity index (χ2v) is 12.2. The van der Waals surface area contributed by atoms with Gasteiger partial charge in [0.25, 0.3) is 11.8 Å². The van der Waals surface area contributed by atoms with Gasteiger partial charge in [0.1, 0.15) is 0 Å². The molecule has 2 rings (SSSR count). The summed E-state index contributed by atoms with van der Waals surface area (Å²) in [4.78, 5) is 23.5. The molecule has 0 aliphatic carbocycles. The number of benzene rings is 1. The van der Waals surface area contributed by atoms with Crippen molar-refractivity contribution in [1.82, 2.24) is 0 Å². The van der Waals surface area contributed by atoms with Gasteiger partial charge in [0.05, 0.1) is 5.69 Å². The summed E-state index contributed by atoms with van der Waals surface area (Å²) in [7, 11) is 0. The fourth-order valence-electron chi connectivity index (χ4n) is 1.52. The topological polar surface area (TPSA) is 37.4 Å². The smallest absolute Gasteiger partial charge is 0.258 e. The molecule has 0 saturated heterocycles. The van der Waals surface area contributed by atoms with Crippen LogP contribution in [0.5, 0.6) is 0 Å². The minimum atomic E-state index is -0.281. The molecule has 1 aromatic carbocycles. The standard InChI is InChI=1S/C10H7NO2.C6H14Se2/c12-9-6-7-10(13)11(9)8-4-2-1-3-5-8;1-3-5-7-8-6-4-2/h1-7H;3-6H2,1-2H3. The number of carbonyl (C=O) groups excluding carboxylic acids is 2. The molecular formula is C16H21NO2Se2. The molecule has 2 amide bonds. The van der Waals surface area contributed by atoms with Gasteiger partial charge in [-0.25, -0.2) is 4.90 Å². The first-order valence-electron chi connectivity index (χ1n) is 7.06. The first-order chi connectivity index (χ1) is 10.2. The summed E-state index contributed by atoms with van der Waals surface area (Å²) < 4.78 is 0. The molecule has 0 bridgehead atoms. The predicted molar refractivity (Wildman–Crippen MR) is 89.8 cm³/mol. The summed E-state index contributed by atoms with van der Waals surface area (Å²) >= 11 is 2.08. The van der Waals surface area contributed by atoms with Crippen molar-refractivity contribution < 1.29 is 9.59 Å². The van der Waals surface area contributed by atoms with Crippen LogP contribution in [0.2, 0.25) is 10.6 Å². The number of hydrogen-bond acceptors (Lipinski definition) is 2. The van der Waals surface area contributed by atoms with Crippen LogP contribution in [0.15, 0.2) is 42.5 Å². The number of para-hydroxylation sites is 1. The average Bonchev–Trinajstić information content (AvgIpc) is 2.84. The molecule has 0 aromatic heterocycles. The van der Waals surface area contributed by atoms with Gasteiger partial charge in [-0.2, -0.15) is 0 Å². The van der Waals surface area contributed by atoms with Gasteiger partial charge in [-0.1, -0.05) is 18.2 Å². The number of carbonyl (C=O) groups is 2. The molecule has 1 aliphatic heterocycles. The van der Waals surface area contributed by atoms with Gasteiger partial charge in [0.15, 0.2) is 0 Å². The van der Waals surface area contributed by atoms with Gasteiger partial charge in [-0.05, 0) is 12.1 Å². The second-order valence-electron chi connectivity index (χ2n) is 4.32. The summed E-state index contributed by atoms with van der Waals surface area (Å²) in [5.41, 5.74) is 0.613. The molecule has 1 aromatic rings. The molecule has 0 saturated carbocycles.